The molecule has 0 bridgehead atoms. The Kier molecular flexibility index (Phi) is 2.34. The van der Waals surface area contributed by atoms with Crippen molar-refractivity contribution in [2.24, 2.45) is 0 Å². The molecule has 0 aromatic carbocycles. The molecule has 1 aliphatic rings. The van der Waals surface area contributed by atoms with Crippen molar-refractivity contribution in [3.63, 3.8) is 0 Å². The molecule has 1 aliphatic heterocycles. The Labute approximate surface area is 96.6 Å². The second kappa shape index (κ2) is 3.73. The lowest BCUT2D eigenvalue weighted by Crippen LogP contribution is -2.22. The number of hydrogen-bond acceptors (Lipinski definition) is 5. The van der Waals surface area contributed by atoms with Crippen LogP contribution in [0, 0.1) is 0 Å². The third kappa shape index (κ3) is 1.41. The summed E-state index contributed by atoms with van der Waals surface area (Å²) in [5, 5.41) is 20.9. The Morgan fingerprint density at radius 1 is 1.56 bits per heavy atom. The average Bonchev–Trinajstić information content (AvgIpc) is 2.90. The number of aliphatic hydroxyl groups excluding tert-OH is 2. The molecule has 16 heavy (non-hydrogen) atoms. The van der Waals surface area contributed by atoms with E-state index in [2.05, 4.69) is 4.98 Å². The summed E-state index contributed by atoms with van der Waals surface area (Å²) >= 11 is 1.55. The van der Waals surface area contributed by atoms with Gasteiger partial charge in [-0.2, -0.15) is 0 Å². The summed E-state index contributed by atoms with van der Waals surface area (Å²) in [6, 6.07) is 0. The maximum atomic E-state index is 9.51. The van der Waals surface area contributed by atoms with Gasteiger partial charge in [-0.05, 0) is 6.42 Å². The van der Waals surface area contributed by atoms with Gasteiger partial charge in [0.2, 0.25) is 0 Å². The molecule has 0 radical (unpaired) electrons. The van der Waals surface area contributed by atoms with E-state index in [1.165, 1.54) is 0 Å². The molecule has 0 saturated carbocycles. The van der Waals surface area contributed by atoms with Gasteiger partial charge in [0.1, 0.15) is 0 Å². The fourth-order valence-corrected chi connectivity index (χ4v) is 2.88. The van der Waals surface area contributed by atoms with Gasteiger partial charge in [0.05, 0.1) is 18.4 Å². The van der Waals surface area contributed by atoms with Crippen LogP contribution >= 0.6 is 11.3 Å². The summed E-state index contributed by atoms with van der Waals surface area (Å²) in [4.78, 5) is 7.42. The van der Waals surface area contributed by atoms with Crippen LogP contribution in [0.1, 0.15) is 12.1 Å². The van der Waals surface area contributed by atoms with Gasteiger partial charge < -0.3 is 15.1 Å². The first kappa shape index (κ1) is 10.1. The van der Waals surface area contributed by atoms with Gasteiger partial charge in [-0.15, -0.1) is 11.3 Å². The molecule has 3 rings (SSSR count). The molecular formula is C10H13N3O2S. The first-order valence-corrected chi connectivity index (χ1v) is 6.16. The molecule has 1 atom stereocenters. The third-order valence-corrected chi connectivity index (χ3v) is 3.71. The van der Waals surface area contributed by atoms with Gasteiger partial charge in [0, 0.05) is 24.7 Å². The van der Waals surface area contributed by atoms with Crippen molar-refractivity contribution in [3.8, 4) is 0 Å². The summed E-state index contributed by atoms with van der Waals surface area (Å²) in [6.07, 6.45) is 2.41. The van der Waals surface area contributed by atoms with Crippen LogP contribution in [0.25, 0.3) is 4.96 Å². The minimum absolute atomic E-state index is 0.0279. The van der Waals surface area contributed by atoms with Crippen LogP contribution in [-0.2, 0) is 6.61 Å². The van der Waals surface area contributed by atoms with Crippen molar-refractivity contribution in [1.82, 2.24) is 9.38 Å². The number of aromatic nitrogens is 2. The highest BCUT2D eigenvalue weighted by Gasteiger charge is 2.25. The Hall–Kier alpha value is -1.11. The van der Waals surface area contributed by atoms with E-state index in [0.29, 0.717) is 6.54 Å². The van der Waals surface area contributed by atoms with Crippen molar-refractivity contribution in [2.75, 3.05) is 18.0 Å². The highest BCUT2D eigenvalue weighted by molar-refractivity contribution is 7.15. The molecule has 1 unspecified atom stereocenters. The standard InChI is InChI=1S/C10H13N3O2S/c14-6-8-9(12-2-1-7(15)5-12)11-10-13(8)3-4-16-10/h3-4,7,14-15H,1-2,5-6H2. The van der Waals surface area contributed by atoms with E-state index >= 15 is 0 Å². The smallest absolute Gasteiger partial charge is 0.195 e. The van der Waals surface area contributed by atoms with Crippen molar-refractivity contribution < 1.29 is 10.2 Å². The minimum Gasteiger partial charge on any atom is -0.391 e. The van der Waals surface area contributed by atoms with Gasteiger partial charge in [-0.25, -0.2) is 4.98 Å². The Balaban J connectivity index is 2.05. The number of anilines is 1. The lowest BCUT2D eigenvalue weighted by Gasteiger charge is -2.15. The first-order chi connectivity index (χ1) is 7.79. The van der Waals surface area contributed by atoms with E-state index in [0.717, 1.165) is 29.4 Å². The molecule has 1 saturated heterocycles. The van der Waals surface area contributed by atoms with Crippen molar-refractivity contribution in [1.29, 1.82) is 0 Å². The molecule has 0 amide bonds. The number of nitrogens with zero attached hydrogens (tertiary/aromatic N) is 3. The summed E-state index contributed by atoms with van der Waals surface area (Å²) in [6.45, 7) is 1.39. The van der Waals surface area contributed by atoms with Crippen molar-refractivity contribution >= 4 is 22.1 Å². The van der Waals surface area contributed by atoms with E-state index in [4.69, 9.17) is 0 Å². The molecule has 86 valence electrons. The minimum atomic E-state index is -0.272. The van der Waals surface area contributed by atoms with Gasteiger partial charge in [0.25, 0.3) is 0 Å². The number of fused-ring (bicyclic) bond motifs is 1. The summed E-state index contributed by atoms with van der Waals surface area (Å²) < 4.78 is 1.91. The first-order valence-electron chi connectivity index (χ1n) is 5.28. The predicted molar refractivity (Wildman–Crippen MR) is 61.8 cm³/mol. The molecule has 1 fully saturated rings. The number of hydrogen-bond donors (Lipinski definition) is 2. The van der Waals surface area contributed by atoms with Gasteiger partial charge in [0.15, 0.2) is 10.8 Å². The number of β-amino-alcohol motifs (C(OH)–C–C–N with tert-alkyl or cyclic N) is 1. The van der Waals surface area contributed by atoms with E-state index < -0.39 is 0 Å². The molecule has 2 N–H and O–H groups in total. The fourth-order valence-electron chi connectivity index (χ4n) is 2.16. The van der Waals surface area contributed by atoms with Crippen LogP contribution in [0.3, 0.4) is 0 Å². The van der Waals surface area contributed by atoms with Gasteiger partial charge in [-0.3, -0.25) is 4.40 Å². The van der Waals surface area contributed by atoms with Crippen LogP contribution in [-0.4, -0.2) is 38.8 Å². The maximum Gasteiger partial charge on any atom is 0.195 e. The van der Waals surface area contributed by atoms with Crippen molar-refractivity contribution in [2.45, 2.75) is 19.1 Å². The lowest BCUT2D eigenvalue weighted by molar-refractivity contribution is 0.198. The monoisotopic (exact) mass is 239 g/mol. The molecule has 2 aromatic rings. The van der Waals surface area contributed by atoms with E-state index in [1.807, 2.05) is 20.9 Å². The molecule has 5 nitrogen and oxygen atoms in total. The Bertz CT molecular complexity index is 507. The van der Waals surface area contributed by atoms with E-state index in [9.17, 15) is 10.2 Å². The van der Waals surface area contributed by atoms with Crippen molar-refractivity contribution in [3.05, 3.63) is 17.3 Å². The van der Waals surface area contributed by atoms with Crippen LogP contribution in [0.4, 0.5) is 5.82 Å². The van der Waals surface area contributed by atoms with E-state index in [-0.39, 0.29) is 12.7 Å². The summed E-state index contributed by atoms with van der Waals surface area (Å²) in [7, 11) is 0. The second-order valence-electron chi connectivity index (χ2n) is 3.98. The highest BCUT2D eigenvalue weighted by atomic mass is 32.1. The zero-order chi connectivity index (χ0) is 11.1. The molecule has 0 aliphatic carbocycles. The average molecular weight is 239 g/mol. The zero-order valence-electron chi connectivity index (χ0n) is 8.70. The van der Waals surface area contributed by atoms with Crippen LogP contribution < -0.4 is 4.90 Å². The third-order valence-electron chi connectivity index (χ3n) is 2.95. The maximum absolute atomic E-state index is 9.51. The van der Waals surface area contributed by atoms with Crippen LogP contribution in [0.5, 0.6) is 0 Å². The van der Waals surface area contributed by atoms with Crippen LogP contribution in [0.2, 0.25) is 0 Å². The highest BCUT2D eigenvalue weighted by Crippen LogP contribution is 2.27. The number of rotatable bonds is 2. The zero-order valence-corrected chi connectivity index (χ0v) is 9.52. The molecule has 0 spiro atoms. The Morgan fingerprint density at radius 3 is 3.12 bits per heavy atom. The van der Waals surface area contributed by atoms with Gasteiger partial charge >= 0.3 is 0 Å². The summed E-state index contributed by atoms with van der Waals surface area (Å²) in [5.74, 6) is 0.811. The molecule has 3 heterocycles. The molecule has 6 heteroatoms. The molecule has 2 aromatic heterocycles. The van der Waals surface area contributed by atoms with Crippen LogP contribution in [0.15, 0.2) is 11.6 Å². The summed E-state index contributed by atoms with van der Waals surface area (Å²) in [5.41, 5.74) is 0.811. The van der Waals surface area contributed by atoms with Gasteiger partial charge in [-0.1, -0.05) is 0 Å². The second-order valence-corrected chi connectivity index (χ2v) is 4.86. The normalized spacial score (nSPS) is 21.1. The topological polar surface area (TPSA) is 61.0 Å². The largest absolute Gasteiger partial charge is 0.391 e. The quantitative estimate of drug-likeness (QED) is 0.799. The SMILES string of the molecule is OCc1c(N2CCC(O)C2)nc2sccn12. The number of thiazole rings is 1. The number of imidazole rings is 1. The Morgan fingerprint density at radius 2 is 2.44 bits per heavy atom. The molecular weight excluding hydrogens is 226 g/mol. The predicted octanol–water partition coefficient (Wildman–Crippen LogP) is 0.459. The van der Waals surface area contributed by atoms with E-state index in [1.54, 1.807) is 11.3 Å². The lowest BCUT2D eigenvalue weighted by atomic mass is 10.3. The fraction of sp³-hybridized carbons (Fsp3) is 0.500. The number of aliphatic hydroxyl groups is 2.